The highest BCUT2D eigenvalue weighted by atomic mass is 16.2. The van der Waals surface area contributed by atoms with E-state index >= 15 is 0 Å². The Morgan fingerprint density at radius 3 is 2.91 bits per heavy atom. The van der Waals surface area contributed by atoms with Crippen molar-refractivity contribution in [1.29, 1.82) is 0 Å². The van der Waals surface area contributed by atoms with E-state index in [0.717, 1.165) is 6.42 Å². The molecule has 0 aromatic rings. The van der Waals surface area contributed by atoms with E-state index in [1.165, 1.54) is 4.90 Å². The summed E-state index contributed by atoms with van der Waals surface area (Å²) in [6.45, 7) is 4.69. The molecule has 1 rings (SSSR count). The number of carbonyl (C=O) groups excluding carboxylic acids is 2. The molecule has 1 aliphatic heterocycles. The Morgan fingerprint density at radius 1 is 1.55 bits per heavy atom. The molecule has 0 aromatic heterocycles. The molecule has 0 bridgehead atoms. The van der Waals surface area contributed by atoms with Crippen molar-refractivity contribution >= 4 is 11.7 Å². The van der Waals surface area contributed by atoms with Crippen molar-refractivity contribution in [3.05, 3.63) is 12.7 Å². The number of nitrogens with zero attached hydrogens (tertiary/aromatic N) is 1. The molecule has 1 saturated heterocycles. The van der Waals surface area contributed by atoms with E-state index in [4.69, 9.17) is 0 Å². The van der Waals surface area contributed by atoms with Crippen molar-refractivity contribution in [2.24, 2.45) is 0 Å². The van der Waals surface area contributed by atoms with Gasteiger partial charge in [0.1, 0.15) is 0 Å². The molecule has 0 spiro atoms. The molecule has 0 atom stereocenters. The topological polar surface area (TPSA) is 37.4 Å². The molecule has 11 heavy (non-hydrogen) atoms. The third-order valence-electron chi connectivity index (χ3n) is 1.71. The fourth-order valence-electron chi connectivity index (χ4n) is 1.15. The Hall–Kier alpha value is -1.12. The average molecular weight is 153 g/mol. The summed E-state index contributed by atoms with van der Waals surface area (Å²) in [5.41, 5.74) is 0. The van der Waals surface area contributed by atoms with Crippen molar-refractivity contribution in [2.45, 2.75) is 12.8 Å². The summed E-state index contributed by atoms with van der Waals surface area (Å²) in [5.74, 6) is -0.616. The number of rotatable bonds is 2. The van der Waals surface area contributed by atoms with Gasteiger partial charge in [0.05, 0.1) is 0 Å². The molecular weight excluding hydrogens is 142 g/mol. The second-order valence-corrected chi connectivity index (χ2v) is 2.57. The fourth-order valence-corrected chi connectivity index (χ4v) is 1.15. The lowest BCUT2D eigenvalue weighted by Crippen LogP contribution is -2.41. The van der Waals surface area contributed by atoms with Crippen molar-refractivity contribution in [2.75, 3.05) is 13.1 Å². The number of amides is 1. The molecule has 1 amide bonds. The highest BCUT2D eigenvalue weighted by Gasteiger charge is 2.24. The lowest BCUT2D eigenvalue weighted by atomic mass is 10.1. The van der Waals surface area contributed by atoms with Crippen LogP contribution in [-0.2, 0) is 9.59 Å². The second kappa shape index (κ2) is 3.32. The van der Waals surface area contributed by atoms with Gasteiger partial charge >= 0.3 is 0 Å². The molecule has 0 saturated carbocycles. The molecule has 1 aliphatic rings. The molecular formula is C8H11NO2. The summed E-state index contributed by atoms with van der Waals surface area (Å²) in [5, 5.41) is 0. The first kappa shape index (κ1) is 7.98. The van der Waals surface area contributed by atoms with Gasteiger partial charge < -0.3 is 4.90 Å². The number of likely N-dealkylation sites (tertiary alicyclic amines) is 1. The molecule has 0 radical (unpaired) electrons. The van der Waals surface area contributed by atoms with Gasteiger partial charge in [-0.2, -0.15) is 0 Å². The van der Waals surface area contributed by atoms with Gasteiger partial charge in [-0.25, -0.2) is 0 Å². The molecule has 3 nitrogen and oxygen atoms in total. The SMILES string of the molecule is C=CCN1CCCC(=O)C1=O. The zero-order valence-corrected chi connectivity index (χ0v) is 6.38. The maximum Gasteiger partial charge on any atom is 0.290 e. The van der Waals surface area contributed by atoms with E-state index in [9.17, 15) is 9.59 Å². The Balaban J connectivity index is 2.58. The zero-order valence-electron chi connectivity index (χ0n) is 6.38. The average Bonchev–Trinajstić information content (AvgIpc) is 1.99. The summed E-state index contributed by atoms with van der Waals surface area (Å²) < 4.78 is 0. The van der Waals surface area contributed by atoms with E-state index in [-0.39, 0.29) is 11.7 Å². The summed E-state index contributed by atoms with van der Waals surface area (Å²) in [6.07, 6.45) is 2.83. The Morgan fingerprint density at radius 2 is 2.27 bits per heavy atom. The third-order valence-corrected chi connectivity index (χ3v) is 1.71. The van der Waals surface area contributed by atoms with Crippen LogP contribution in [0.25, 0.3) is 0 Å². The largest absolute Gasteiger partial charge is 0.332 e. The van der Waals surface area contributed by atoms with Gasteiger partial charge in [0, 0.05) is 19.5 Å². The third kappa shape index (κ3) is 1.67. The summed E-state index contributed by atoms with van der Waals surface area (Å²) in [6, 6.07) is 0. The Kier molecular flexibility index (Phi) is 2.41. The Labute approximate surface area is 65.7 Å². The second-order valence-electron chi connectivity index (χ2n) is 2.57. The smallest absolute Gasteiger partial charge is 0.290 e. The van der Waals surface area contributed by atoms with E-state index in [2.05, 4.69) is 6.58 Å². The normalized spacial score (nSPS) is 18.7. The predicted molar refractivity (Wildman–Crippen MR) is 41.0 cm³/mol. The number of carbonyl (C=O) groups is 2. The van der Waals surface area contributed by atoms with Gasteiger partial charge in [0.2, 0.25) is 5.78 Å². The summed E-state index contributed by atoms with van der Waals surface area (Å²) in [7, 11) is 0. The minimum absolute atomic E-state index is 0.266. The number of piperidine rings is 1. The standard InChI is InChI=1S/C8H11NO2/c1-2-5-9-6-3-4-7(10)8(9)11/h2H,1,3-6H2. The number of hydrogen-bond donors (Lipinski definition) is 0. The van der Waals surface area contributed by atoms with Crippen molar-refractivity contribution in [3.8, 4) is 0 Å². The molecule has 0 unspecified atom stereocenters. The van der Waals surface area contributed by atoms with Crippen LogP contribution in [0.15, 0.2) is 12.7 Å². The van der Waals surface area contributed by atoms with Gasteiger partial charge in [-0.3, -0.25) is 9.59 Å². The molecule has 0 aromatic carbocycles. The van der Waals surface area contributed by atoms with Crippen molar-refractivity contribution in [3.63, 3.8) is 0 Å². The first-order chi connectivity index (χ1) is 5.25. The quantitative estimate of drug-likeness (QED) is 0.424. The Bertz CT molecular complexity index is 198. The fraction of sp³-hybridized carbons (Fsp3) is 0.500. The molecule has 3 heteroatoms. The zero-order chi connectivity index (χ0) is 8.27. The number of ketones is 1. The van der Waals surface area contributed by atoms with Gasteiger partial charge in [0.25, 0.3) is 5.91 Å². The van der Waals surface area contributed by atoms with Crippen LogP contribution >= 0.6 is 0 Å². The monoisotopic (exact) mass is 153 g/mol. The van der Waals surface area contributed by atoms with Crippen molar-refractivity contribution < 1.29 is 9.59 Å². The van der Waals surface area contributed by atoms with Crippen molar-refractivity contribution in [1.82, 2.24) is 4.90 Å². The maximum absolute atomic E-state index is 11.0. The van der Waals surface area contributed by atoms with Crippen LogP contribution in [-0.4, -0.2) is 29.7 Å². The molecule has 1 heterocycles. The van der Waals surface area contributed by atoms with Gasteiger partial charge in [-0.05, 0) is 6.42 Å². The van der Waals surface area contributed by atoms with Crippen LogP contribution < -0.4 is 0 Å². The minimum atomic E-state index is -0.351. The number of hydrogen-bond acceptors (Lipinski definition) is 2. The van der Waals surface area contributed by atoms with E-state index in [1.54, 1.807) is 6.08 Å². The molecule has 60 valence electrons. The summed E-state index contributed by atoms with van der Waals surface area (Å²) >= 11 is 0. The lowest BCUT2D eigenvalue weighted by Gasteiger charge is -2.23. The lowest BCUT2D eigenvalue weighted by molar-refractivity contribution is -0.146. The minimum Gasteiger partial charge on any atom is -0.332 e. The van der Waals surface area contributed by atoms with Crippen LogP contribution in [0, 0.1) is 0 Å². The molecule has 0 aliphatic carbocycles. The molecule has 1 fully saturated rings. The summed E-state index contributed by atoms with van der Waals surface area (Å²) in [4.78, 5) is 23.4. The van der Waals surface area contributed by atoms with Crippen LogP contribution in [0.1, 0.15) is 12.8 Å². The highest BCUT2D eigenvalue weighted by Crippen LogP contribution is 2.06. The van der Waals surface area contributed by atoms with E-state index in [1.807, 2.05) is 0 Å². The maximum atomic E-state index is 11.0. The van der Waals surface area contributed by atoms with Crippen LogP contribution in [0.4, 0.5) is 0 Å². The van der Waals surface area contributed by atoms with Gasteiger partial charge in [-0.15, -0.1) is 6.58 Å². The molecule has 0 N–H and O–H groups in total. The highest BCUT2D eigenvalue weighted by molar-refractivity contribution is 6.36. The van der Waals surface area contributed by atoms with Crippen LogP contribution in [0.5, 0.6) is 0 Å². The van der Waals surface area contributed by atoms with Crippen LogP contribution in [0.3, 0.4) is 0 Å². The first-order valence-electron chi connectivity index (χ1n) is 3.68. The van der Waals surface area contributed by atoms with Crippen LogP contribution in [0.2, 0.25) is 0 Å². The van der Waals surface area contributed by atoms with Gasteiger partial charge in [0.15, 0.2) is 0 Å². The number of Topliss-reactive ketones (excluding diaryl/α,β-unsaturated/α-hetero) is 1. The predicted octanol–water partition coefficient (Wildman–Crippen LogP) is 0.364. The first-order valence-corrected chi connectivity index (χ1v) is 3.68. The van der Waals surface area contributed by atoms with E-state index in [0.29, 0.717) is 19.5 Å². The van der Waals surface area contributed by atoms with E-state index < -0.39 is 0 Å². The van der Waals surface area contributed by atoms with Gasteiger partial charge in [-0.1, -0.05) is 6.08 Å².